The lowest BCUT2D eigenvalue weighted by Gasteiger charge is -2.29. The second-order valence-corrected chi connectivity index (χ2v) is 16.6. The van der Waals surface area contributed by atoms with Crippen molar-refractivity contribution in [3.05, 3.63) is 24.3 Å². The molecule has 0 saturated carbocycles. The fourth-order valence-electron chi connectivity index (χ4n) is 7.85. The van der Waals surface area contributed by atoms with Gasteiger partial charge in [-0.15, -0.1) is 0 Å². The minimum absolute atomic E-state index is 0.247. The molecule has 0 saturated heterocycles. The summed E-state index contributed by atoms with van der Waals surface area (Å²) in [4.78, 5) is 2.12. The predicted molar refractivity (Wildman–Crippen MR) is 230 cm³/mol. The van der Waals surface area contributed by atoms with Gasteiger partial charge >= 0.3 is 0 Å². The minimum atomic E-state index is -0.405. The maximum absolute atomic E-state index is 10.9. The van der Waals surface area contributed by atoms with Crippen LogP contribution >= 0.6 is 0 Å². The van der Waals surface area contributed by atoms with Crippen molar-refractivity contribution in [2.24, 2.45) is 0 Å². The van der Waals surface area contributed by atoms with E-state index in [2.05, 4.69) is 18.7 Å². The second kappa shape index (κ2) is 38.0. The lowest BCUT2D eigenvalue weighted by atomic mass is 10.0. The molecule has 0 heterocycles. The molecule has 2 unspecified atom stereocenters. The van der Waals surface area contributed by atoms with E-state index in [0.717, 1.165) is 31.4 Å². The van der Waals surface area contributed by atoms with Crippen LogP contribution in [-0.2, 0) is 0 Å². The van der Waals surface area contributed by atoms with Crippen molar-refractivity contribution in [1.29, 1.82) is 0 Å². The average Bonchev–Trinajstić information content (AvgIpc) is 3.14. The number of nitrogens with zero attached hydrogens (tertiary/aromatic N) is 1. The van der Waals surface area contributed by atoms with Crippen LogP contribution in [0.3, 0.4) is 0 Å². The Hall–Kier alpha value is -1.26. The van der Waals surface area contributed by atoms with Crippen LogP contribution in [-0.4, -0.2) is 40.6 Å². The van der Waals surface area contributed by atoms with Crippen molar-refractivity contribution in [2.45, 2.75) is 257 Å². The molecule has 0 aliphatic carbocycles. The van der Waals surface area contributed by atoms with E-state index in [0.29, 0.717) is 13.1 Å². The fraction of sp³-hybridized carbons (Fsp3) is 0.875. The molecule has 2 atom stereocenters. The number of hydrogen-bond acceptors (Lipinski definition) is 4. The van der Waals surface area contributed by atoms with Crippen LogP contribution in [0.15, 0.2) is 24.3 Å². The zero-order valence-corrected chi connectivity index (χ0v) is 35.1. The topological polar surface area (TPSA) is 63.9 Å². The van der Waals surface area contributed by atoms with Crippen molar-refractivity contribution in [3.63, 3.8) is 0 Å². The van der Waals surface area contributed by atoms with Crippen LogP contribution < -0.4 is 4.90 Å². The third-order valence-electron chi connectivity index (χ3n) is 11.4. The molecular formula is C48H91NO3. The highest BCUT2D eigenvalue weighted by Gasteiger charge is 2.17. The van der Waals surface area contributed by atoms with Gasteiger partial charge in [0.05, 0.1) is 12.2 Å². The third-order valence-corrected chi connectivity index (χ3v) is 11.4. The number of benzene rings is 1. The van der Waals surface area contributed by atoms with Crippen LogP contribution in [0.1, 0.15) is 245 Å². The van der Waals surface area contributed by atoms with Gasteiger partial charge in [0.1, 0.15) is 5.75 Å². The van der Waals surface area contributed by atoms with Crippen LogP contribution in [0.25, 0.3) is 0 Å². The standard InChI is InChI=1S/C48H91NO3/c1-3-5-7-9-11-13-15-17-19-21-23-25-27-29-31-33-35-37-47(51)43-49(45-39-41-46(50)42-40-45)44-48(52)38-36-34-32-30-28-26-24-22-20-18-16-14-12-10-8-6-4-2/h39-42,47-48,50-52H,3-38,43-44H2,1-2H3. The number of aliphatic hydroxyl groups excluding tert-OH is 2. The molecule has 3 N–H and O–H groups in total. The van der Waals surface area contributed by atoms with Gasteiger partial charge in [0.2, 0.25) is 0 Å². The van der Waals surface area contributed by atoms with Crippen LogP contribution in [0, 0.1) is 0 Å². The lowest BCUT2D eigenvalue weighted by Crippen LogP contribution is -2.38. The molecule has 1 aromatic carbocycles. The molecule has 0 amide bonds. The van der Waals surface area contributed by atoms with Gasteiger partial charge in [-0.2, -0.15) is 0 Å². The number of phenolic OH excluding ortho intramolecular Hbond substituents is 1. The molecule has 306 valence electrons. The summed E-state index contributed by atoms with van der Waals surface area (Å²) in [5.41, 5.74) is 0.959. The normalized spacial score (nSPS) is 12.8. The van der Waals surface area contributed by atoms with E-state index >= 15 is 0 Å². The van der Waals surface area contributed by atoms with Gasteiger partial charge in [0, 0.05) is 18.8 Å². The molecule has 0 aliphatic rings. The average molecular weight is 730 g/mol. The lowest BCUT2D eigenvalue weighted by molar-refractivity contribution is 0.145. The van der Waals surface area contributed by atoms with E-state index in [1.54, 1.807) is 12.1 Å². The number of unbranched alkanes of at least 4 members (excludes halogenated alkanes) is 32. The maximum Gasteiger partial charge on any atom is 0.115 e. The molecule has 0 aromatic heterocycles. The van der Waals surface area contributed by atoms with E-state index in [4.69, 9.17) is 0 Å². The van der Waals surface area contributed by atoms with E-state index in [-0.39, 0.29) is 5.75 Å². The summed E-state index contributed by atoms with van der Waals surface area (Å²) in [6.45, 7) is 5.64. The Morgan fingerprint density at radius 1 is 0.365 bits per heavy atom. The number of anilines is 1. The number of aromatic hydroxyl groups is 1. The Labute approximate surface area is 325 Å². The molecule has 4 nitrogen and oxygen atoms in total. The van der Waals surface area contributed by atoms with Crippen LogP contribution in [0.5, 0.6) is 5.75 Å². The van der Waals surface area contributed by atoms with E-state index < -0.39 is 12.2 Å². The number of hydrogen-bond donors (Lipinski definition) is 3. The van der Waals surface area contributed by atoms with Crippen LogP contribution in [0.2, 0.25) is 0 Å². The van der Waals surface area contributed by atoms with Crippen molar-refractivity contribution >= 4 is 5.69 Å². The summed E-state index contributed by atoms with van der Waals surface area (Å²) in [6, 6.07) is 7.21. The van der Waals surface area contributed by atoms with Gasteiger partial charge in [-0.25, -0.2) is 0 Å². The van der Waals surface area contributed by atoms with Gasteiger partial charge in [0.25, 0.3) is 0 Å². The SMILES string of the molecule is CCCCCCCCCCCCCCCCCCCC(O)CN(CC(O)CCCCCCCCCCCCCCCCCCC)c1ccc(O)cc1. The second-order valence-electron chi connectivity index (χ2n) is 16.6. The minimum Gasteiger partial charge on any atom is -0.508 e. The third kappa shape index (κ3) is 32.2. The largest absolute Gasteiger partial charge is 0.508 e. The van der Waals surface area contributed by atoms with Gasteiger partial charge in [0.15, 0.2) is 0 Å². The summed E-state index contributed by atoms with van der Waals surface area (Å²) in [5.74, 6) is 0.247. The predicted octanol–water partition coefficient (Wildman–Crippen LogP) is 15.0. The first-order valence-electron chi connectivity index (χ1n) is 23.5. The molecule has 0 bridgehead atoms. The van der Waals surface area contributed by atoms with Crippen molar-refractivity contribution in [1.82, 2.24) is 0 Å². The van der Waals surface area contributed by atoms with Crippen molar-refractivity contribution < 1.29 is 15.3 Å². The molecule has 0 spiro atoms. The Balaban J connectivity index is 2.08. The summed E-state index contributed by atoms with van der Waals surface area (Å²) in [7, 11) is 0. The number of rotatable bonds is 41. The van der Waals surface area contributed by atoms with E-state index in [1.165, 1.54) is 205 Å². The molecular weight excluding hydrogens is 639 g/mol. The highest BCUT2D eigenvalue weighted by Crippen LogP contribution is 2.22. The highest BCUT2D eigenvalue weighted by atomic mass is 16.3. The summed E-state index contributed by atoms with van der Waals surface area (Å²) in [6.07, 6.45) is 47.1. The quantitative estimate of drug-likeness (QED) is 0.0587. The first kappa shape index (κ1) is 48.8. The summed E-state index contributed by atoms with van der Waals surface area (Å²) >= 11 is 0. The van der Waals surface area contributed by atoms with Gasteiger partial charge in [-0.3, -0.25) is 0 Å². The van der Waals surface area contributed by atoms with Gasteiger partial charge < -0.3 is 20.2 Å². The monoisotopic (exact) mass is 730 g/mol. The maximum atomic E-state index is 10.9. The van der Waals surface area contributed by atoms with Crippen molar-refractivity contribution in [2.75, 3.05) is 18.0 Å². The highest BCUT2D eigenvalue weighted by molar-refractivity contribution is 5.49. The van der Waals surface area contributed by atoms with Gasteiger partial charge in [-0.05, 0) is 37.1 Å². The smallest absolute Gasteiger partial charge is 0.115 e. The molecule has 4 heteroatoms. The summed E-state index contributed by atoms with van der Waals surface area (Å²) < 4.78 is 0. The number of phenols is 1. The fourth-order valence-corrected chi connectivity index (χ4v) is 7.85. The van der Waals surface area contributed by atoms with Crippen molar-refractivity contribution in [3.8, 4) is 5.75 Å². The molecule has 1 aromatic rings. The Morgan fingerprint density at radius 3 is 0.846 bits per heavy atom. The molecule has 0 fully saturated rings. The first-order chi connectivity index (χ1) is 25.6. The molecule has 1 rings (SSSR count). The zero-order chi connectivity index (χ0) is 37.6. The zero-order valence-electron chi connectivity index (χ0n) is 35.1. The molecule has 0 aliphatic heterocycles. The summed E-state index contributed by atoms with van der Waals surface area (Å²) in [5, 5.41) is 31.7. The molecule has 0 radical (unpaired) electrons. The van der Waals surface area contributed by atoms with E-state index in [9.17, 15) is 15.3 Å². The van der Waals surface area contributed by atoms with E-state index in [1.807, 2.05) is 12.1 Å². The van der Waals surface area contributed by atoms with Crippen LogP contribution in [0.4, 0.5) is 5.69 Å². The Bertz CT molecular complexity index is 783. The first-order valence-corrected chi connectivity index (χ1v) is 23.5. The Kier molecular flexibility index (Phi) is 35.7. The van der Waals surface area contributed by atoms with Gasteiger partial charge in [-0.1, -0.05) is 232 Å². The molecule has 52 heavy (non-hydrogen) atoms. The Morgan fingerprint density at radius 2 is 0.596 bits per heavy atom. The number of aliphatic hydroxyl groups is 2.